The van der Waals surface area contributed by atoms with Gasteiger partial charge in [-0.2, -0.15) is 5.10 Å². The Morgan fingerprint density at radius 3 is 2.76 bits per heavy atom. The van der Waals surface area contributed by atoms with Gasteiger partial charge in [0.1, 0.15) is 11.5 Å². The molecule has 1 saturated heterocycles. The van der Waals surface area contributed by atoms with Crippen molar-refractivity contribution in [2.45, 2.75) is 39.2 Å². The second kappa shape index (κ2) is 6.44. The van der Waals surface area contributed by atoms with Crippen LogP contribution in [0, 0.1) is 6.92 Å². The van der Waals surface area contributed by atoms with Crippen molar-refractivity contribution in [3.8, 4) is 0 Å². The van der Waals surface area contributed by atoms with Crippen molar-refractivity contribution in [1.82, 2.24) is 25.1 Å². The van der Waals surface area contributed by atoms with Gasteiger partial charge in [-0.25, -0.2) is 4.98 Å². The minimum Gasteiger partial charge on any atom is -0.377 e. The predicted octanol–water partition coefficient (Wildman–Crippen LogP) is 1.31. The van der Waals surface area contributed by atoms with E-state index < -0.39 is 6.04 Å². The molecule has 25 heavy (non-hydrogen) atoms. The molecule has 0 saturated carbocycles. The molecule has 0 aliphatic carbocycles. The van der Waals surface area contributed by atoms with Gasteiger partial charge in [0.25, 0.3) is 11.5 Å². The van der Waals surface area contributed by atoms with Crippen molar-refractivity contribution in [2.75, 3.05) is 19.8 Å². The Kier molecular flexibility index (Phi) is 4.47. The lowest BCUT2D eigenvalue weighted by molar-refractivity contribution is -0.00432. The second-order valence-electron chi connectivity index (χ2n) is 7.26. The Morgan fingerprint density at radius 1 is 1.36 bits per heavy atom. The number of aryl methyl sites for hydroxylation is 1. The van der Waals surface area contributed by atoms with Crippen LogP contribution in [0.2, 0.25) is 0 Å². The fourth-order valence-electron chi connectivity index (χ4n) is 2.83. The first-order valence-electron chi connectivity index (χ1n) is 8.28. The van der Waals surface area contributed by atoms with Crippen LogP contribution >= 0.6 is 0 Å². The fraction of sp³-hybridized carbons (Fsp3) is 0.529. The molecule has 1 fully saturated rings. The van der Waals surface area contributed by atoms with Gasteiger partial charge < -0.3 is 14.6 Å². The topological polar surface area (TPSA) is 104 Å². The lowest BCUT2D eigenvalue weighted by atomic mass is 9.92. The molecule has 0 aromatic carbocycles. The van der Waals surface area contributed by atoms with E-state index in [2.05, 4.69) is 40.9 Å². The summed E-state index contributed by atoms with van der Waals surface area (Å²) in [5.41, 5.74) is 1.42. The number of hydrogen-bond donors (Lipinski definition) is 2. The van der Waals surface area contributed by atoms with E-state index in [1.54, 1.807) is 17.9 Å². The number of nitrogens with zero attached hydrogens (tertiary/aromatic N) is 3. The van der Waals surface area contributed by atoms with Gasteiger partial charge >= 0.3 is 0 Å². The predicted molar refractivity (Wildman–Crippen MR) is 91.5 cm³/mol. The van der Waals surface area contributed by atoms with Crippen molar-refractivity contribution in [1.29, 1.82) is 0 Å². The molecule has 8 heteroatoms. The van der Waals surface area contributed by atoms with Crippen molar-refractivity contribution in [3.63, 3.8) is 0 Å². The number of H-pyrrole nitrogens is 2. The standard InChI is InChI=1S/C17H23N5O3/c1-10-18-11(8-15(23)19-10)13-9-25-6-5-22(13)16(24)12-7-14(21-20-12)17(2,3)4/h7-8,13H,5-6,9H2,1-4H3,(H,20,21)(H,18,19,23). The van der Waals surface area contributed by atoms with Gasteiger partial charge in [0.05, 0.1) is 24.9 Å². The Hall–Kier alpha value is -2.48. The van der Waals surface area contributed by atoms with E-state index in [1.165, 1.54) is 6.07 Å². The van der Waals surface area contributed by atoms with Crippen LogP contribution in [0.3, 0.4) is 0 Å². The van der Waals surface area contributed by atoms with E-state index in [1.807, 2.05) is 0 Å². The summed E-state index contributed by atoms with van der Waals surface area (Å²) >= 11 is 0. The minimum absolute atomic E-state index is 0.124. The zero-order valence-electron chi connectivity index (χ0n) is 14.9. The SMILES string of the molecule is Cc1nc(C2COCCN2C(=O)c2cc(C(C)(C)C)[nH]n2)cc(=O)[nH]1. The number of nitrogens with one attached hydrogen (secondary N) is 2. The maximum absolute atomic E-state index is 13.0. The number of hydrogen-bond acceptors (Lipinski definition) is 5. The van der Waals surface area contributed by atoms with Crippen LogP contribution in [0.5, 0.6) is 0 Å². The van der Waals surface area contributed by atoms with Crippen molar-refractivity contribution >= 4 is 5.91 Å². The number of rotatable bonds is 2. The molecule has 1 unspecified atom stereocenters. The Labute approximate surface area is 145 Å². The fourth-order valence-corrected chi connectivity index (χ4v) is 2.83. The third-order valence-electron chi connectivity index (χ3n) is 4.22. The van der Waals surface area contributed by atoms with E-state index in [0.717, 1.165) is 5.69 Å². The number of carbonyl (C=O) groups is 1. The third kappa shape index (κ3) is 3.63. The summed E-state index contributed by atoms with van der Waals surface area (Å²) in [4.78, 5) is 33.4. The van der Waals surface area contributed by atoms with Crippen molar-refractivity contribution in [3.05, 3.63) is 45.4 Å². The zero-order chi connectivity index (χ0) is 18.2. The van der Waals surface area contributed by atoms with E-state index in [9.17, 15) is 9.59 Å². The van der Waals surface area contributed by atoms with Crippen LogP contribution in [0.1, 0.15) is 54.5 Å². The van der Waals surface area contributed by atoms with Gasteiger partial charge in [0, 0.05) is 23.7 Å². The molecule has 8 nitrogen and oxygen atoms in total. The average Bonchev–Trinajstić information content (AvgIpc) is 3.03. The molecule has 0 spiro atoms. The number of carbonyl (C=O) groups excluding carboxylic acids is 1. The first-order chi connectivity index (χ1) is 11.8. The summed E-state index contributed by atoms with van der Waals surface area (Å²) in [6.45, 7) is 9.04. The largest absolute Gasteiger partial charge is 0.377 e. The quantitative estimate of drug-likeness (QED) is 0.854. The highest BCUT2D eigenvalue weighted by Gasteiger charge is 2.32. The molecular weight excluding hydrogens is 322 g/mol. The maximum Gasteiger partial charge on any atom is 0.275 e. The van der Waals surface area contributed by atoms with E-state index in [4.69, 9.17) is 4.74 Å². The molecule has 1 atom stereocenters. The summed E-state index contributed by atoms with van der Waals surface area (Å²) in [7, 11) is 0. The summed E-state index contributed by atoms with van der Waals surface area (Å²) in [6, 6.07) is 2.79. The van der Waals surface area contributed by atoms with Crippen molar-refractivity contribution < 1.29 is 9.53 Å². The first-order valence-corrected chi connectivity index (χ1v) is 8.28. The first kappa shape index (κ1) is 17.3. The maximum atomic E-state index is 13.0. The molecule has 3 rings (SSSR count). The van der Waals surface area contributed by atoms with Crippen LogP contribution < -0.4 is 5.56 Å². The van der Waals surface area contributed by atoms with Crippen molar-refractivity contribution in [2.24, 2.45) is 0 Å². The van der Waals surface area contributed by atoms with Crippen LogP contribution in [0.15, 0.2) is 16.9 Å². The number of amides is 1. The van der Waals surface area contributed by atoms with Crippen LogP contribution in [-0.4, -0.2) is 50.7 Å². The Balaban J connectivity index is 1.91. The van der Waals surface area contributed by atoms with E-state index in [-0.39, 0.29) is 16.9 Å². The molecule has 3 heterocycles. The molecule has 1 aliphatic rings. The molecule has 2 aromatic rings. The third-order valence-corrected chi connectivity index (χ3v) is 4.22. The molecule has 1 aliphatic heterocycles. The number of aromatic nitrogens is 4. The van der Waals surface area contributed by atoms with E-state index in [0.29, 0.717) is 37.0 Å². The highest BCUT2D eigenvalue weighted by atomic mass is 16.5. The molecule has 0 radical (unpaired) electrons. The minimum atomic E-state index is -0.406. The van der Waals surface area contributed by atoms with Crippen LogP contribution in [-0.2, 0) is 10.2 Å². The normalized spacial score (nSPS) is 18.4. The summed E-state index contributed by atoms with van der Waals surface area (Å²) < 4.78 is 5.52. The number of aromatic amines is 2. The average molecular weight is 345 g/mol. The van der Waals surface area contributed by atoms with Gasteiger partial charge in [0.15, 0.2) is 0 Å². The monoisotopic (exact) mass is 345 g/mol. The highest BCUT2D eigenvalue weighted by molar-refractivity contribution is 5.92. The van der Waals surface area contributed by atoms with Gasteiger partial charge in [-0.3, -0.25) is 14.7 Å². The lowest BCUT2D eigenvalue weighted by Gasteiger charge is -2.34. The second-order valence-corrected chi connectivity index (χ2v) is 7.26. The summed E-state index contributed by atoms with van der Waals surface area (Å²) in [5, 5.41) is 7.11. The molecule has 2 aromatic heterocycles. The van der Waals surface area contributed by atoms with Crippen LogP contribution in [0.25, 0.3) is 0 Å². The molecule has 1 amide bonds. The van der Waals surface area contributed by atoms with Gasteiger partial charge in [0.2, 0.25) is 0 Å². The molecule has 134 valence electrons. The molecule has 2 N–H and O–H groups in total. The highest BCUT2D eigenvalue weighted by Crippen LogP contribution is 2.25. The van der Waals surface area contributed by atoms with Crippen LogP contribution in [0.4, 0.5) is 0 Å². The number of morpholine rings is 1. The Morgan fingerprint density at radius 2 is 2.12 bits per heavy atom. The summed E-state index contributed by atoms with van der Waals surface area (Å²) in [6.07, 6.45) is 0. The zero-order valence-corrected chi connectivity index (χ0v) is 14.9. The molecular formula is C17H23N5O3. The smallest absolute Gasteiger partial charge is 0.275 e. The van der Waals surface area contributed by atoms with Gasteiger partial charge in [-0.1, -0.05) is 20.8 Å². The summed E-state index contributed by atoms with van der Waals surface area (Å²) in [5.74, 6) is 0.315. The van der Waals surface area contributed by atoms with E-state index >= 15 is 0 Å². The molecule has 0 bridgehead atoms. The lowest BCUT2D eigenvalue weighted by Crippen LogP contribution is -2.44. The number of ether oxygens (including phenoxy) is 1. The Bertz CT molecular complexity index is 833. The van der Waals surface area contributed by atoms with Gasteiger partial charge in [-0.05, 0) is 13.0 Å². The van der Waals surface area contributed by atoms with Gasteiger partial charge in [-0.15, -0.1) is 0 Å².